The molecule has 0 aliphatic heterocycles. The van der Waals surface area contributed by atoms with E-state index in [4.69, 9.17) is 0 Å². The molecule has 1 fully saturated rings. The summed E-state index contributed by atoms with van der Waals surface area (Å²) in [6.45, 7) is 2.25. The van der Waals surface area contributed by atoms with Crippen molar-refractivity contribution in [1.29, 1.82) is 0 Å². The van der Waals surface area contributed by atoms with Gasteiger partial charge in [-0.25, -0.2) is 19.5 Å². The Morgan fingerprint density at radius 3 is 2.67 bits per heavy atom. The van der Waals surface area contributed by atoms with Crippen LogP contribution in [0, 0.1) is 6.92 Å². The number of imidazole rings is 1. The Morgan fingerprint density at radius 2 is 1.94 bits per heavy atom. The molecule has 0 amide bonds. The third-order valence-electron chi connectivity index (χ3n) is 6.21. The van der Waals surface area contributed by atoms with E-state index < -0.39 is 18.3 Å². The molecule has 33 heavy (non-hydrogen) atoms. The minimum atomic E-state index is -4.37. The summed E-state index contributed by atoms with van der Waals surface area (Å²) in [6, 6.07) is 5.42. The van der Waals surface area contributed by atoms with Crippen LogP contribution in [0.2, 0.25) is 0 Å². The number of alkyl halides is 3. The first-order valence-corrected chi connectivity index (χ1v) is 10.8. The third kappa shape index (κ3) is 4.37. The molecule has 11 heteroatoms. The van der Waals surface area contributed by atoms with Crippen molar-refractivity contribution < 1.29 is 18.3 Å². The highest BCUT2D eigenvalue weighted by molar-refractivity contribution is 5.82. The maximum absolute atomic E-state index is 13.0. The summed E-state index contributed by atoms with van der Waals surface area (Å²) in [5, 5.41) is 18.0. The van der Waals surface area contributed by atoms with Crippen LogP contribution < -0.4 is 5.32 Å². The maximum Gasteiger partial charge on any atom is 0.406 e. The Balaban J connectivity index is 1.44. The van der Waals surface area contributed by atoms with Gasteiger partial charge in [0.25, 0.3) is 0 Å². The van der Waals surface area contributed by atoms with E-state index >= 15 is 0 Å². The third-order valence-corrected chi connectivity index (χ3v) is 6.21. The first-order valence-electron chi connectivity index (χ1n) is 10.8. The van der Waals surface area contributed by atoms with E-state index in [2.05, 4.69) is 25.4 Å². The van der Waals surface area contributed by atoms with Gasteiger partial charge < -0.3 is 15.0 Å². The van der Waals surface area contributed by atoms with Crippen LogP contribution in [0.3, 0.4) is 0 Å². The molecule has 2 N–H and O–H groups in total. The van der Waals surface area contributed by atoms with Crippen molar-refractivity contribution in [2.24, 2.45) is 0 Å². The van der Waals surface area contributed by atoms with Crippen LogP contribution in [0.4, 0.5) is 19.1 Å². The van der Waals surface area contributed by atoms with Crippen LogP contribution in [0.1, 0.15) is 38.4 Å². The molecule has 4 aromatic heterocycles. The van der Waals surface area contributed by atoms with Gasteiger partial charge in [0.1, 0.15) is 17.9 Å². The van der Waals surface area contributed by atoms with Gasteiger partial charge in [0.2, 0.25) is 5.95 Å². The second-order valence-corrected chi connectivity index (χ2v) is 8.96. The first kappa shape index (κ1) is 21.6. The van der Waals surface area contributed by atoms with Gasteiger partial charge in [-0.15, -0.1) is 5.10 Å². The van der Waals surface area contributed by atoms with E-state index in [9.17, 15) is 18.3 Å². The fraction of sp³-hybridized carbons (Fsp3) is 0.455. The fourth-order valence-corrected chi connectivity index (χ4v) is 4.38. The fourth-order valence-electron chi connectivity index (χ4n) is 4.38. The van der Waals surface area contributed by atoms with Crippen molar-refractivity contribution in [3.63, 3.8) is 0 Å². The molecule has 5 rings (SSSR count). The summed E-state index contributed by atoms with van der Waals surface area (Å²) in [5.41, 5.74) is 1.92. The molecule has 8 nitrogen and oxygen atoms in total. The Morgan fingerprint density at radius 1 is 1.18 bits per heavy atom. The highest BCUT2D eigenvalue weighted by atomic mass is 19.4. The van der Waals surface area contributed by atoms with Crippen LogP contribution in [0.25, 0.3) is 27.9 Å². The van der Waals surface area contributed by atoms with Crippen LogP contribution in [-0.4, -0.2) is 52.1 Å². The number of rotatable bonds is 4. The summed E-state index contributed by atoms with van der Waals surface area (Å²) in [6.07, 6.45) is 2.18. The van der Waals surface area contributed by atoms with Crippen molar-refractivity contribution in [3.05, 3.63) is 36.4 Å². The first-order chi connectivity index (χ1) is 15.6. The van der Waals surface area contributed by atoms with Gasteiger partial charge in [0.15, 0.2) is 5.65 Å². The number of anilines is 1. The number of aromatic nitrogens is 6. The normalized spacial score (nSPS) is 21.7. The Bertz CT molecular complexity index is 1320. The van der Waals surface area contributed by atoms with E-state index in [0.29, 0.717) is 22.7 Å². The van der Waals surface area contributed by atoms with Gasteiger partial charge in [0, 0.05) is 17.8 Å². The van der Waals surface area contributed by atoms with Crippen molar-refractivity contribution >= 4 is 22.6 Å². The Kier molecular flexibility index (Phi) is 5.04. The minimum Gasteiger partial charge on any atom is -0.390 e. The molecule has 0 spiro atoms. The Labute approximate surface area is 187 Å². The lowest BCUT2D eigenvalue weighted by atomic mass is 9.84. The summed E-state index contributed by atoms with van der Waals surface area (Å²) in [5.74, 6) is 0.746. The lowest BCUT2D eigenvalue weighted by Gasteiger charge is -2.33. The highest BCUT2D eigenvalue weighted by Crippen LogP contribution is 2.30. The molecule has 0 aromatic carbocycles. The number of hydrogen-bond acceptors (Lipinski definition) is 6. The van der Waals surface area contributed by atoms with Gasteiger partial charge in [-0.1, -0.05) is 0 Å². The van der Waals surface area contributed by atoms with E-state index in [-0.39, 0.29) is 17.5 Å². The molecular weight excluding hydrogens is 435 g/mol. The zero-order valence-corrected chi connectivity index (χ0v) is 18.3. The number of fused-ring (bicyclic) bond motifs is 2. The quantitative estimate of drug-likeness (QED) is 0.477. The zero-order valence-electron chi connectivity index (χ0n) is 18.3. The molecule has 4 aromatic rings. The molecule has 1 aliphatic rings. The molecule has 0 bridgehead atoms. The molecule has 4 heterocycles. The summed E-state index contributed by atoms with van der Waals surface area (Å²) in [4.78, 5) is 13.1. The summed E-state index contributed by atoms with van der Waals surface area (Å²) >= 11 is 0. The largest absolute Gasteiger partial charge is 0.406 e. The number of pyridine rings is 1. The second-order valence-electron chi connectivity index (χ2n) is 8.96. The van der Waals surface area contributed by atoms with Crippen LogP contribution >= 0.6 is 0 Å². The molecule has 0 atom stereocenters. The van der Waals surface area contributed by atoms with Gasteiger partial charge in [-0.3, -0.25) is 0 Å². The molecular formula is C22H24F3N7O. The number of halogens is 3. The minimum absolute atomic E-state index is 0.189. The van der Waals surface area contributed by atoms with Crippen LogP contribution in [-0.2, 0) is 6.54 Å². The van der Waals surface area contributed by atoms with Crippen molar-refractivity contribution in [2.45, 2.75) is 63.9 Å². The predicted octanol–water partition coefficient (Wildman–Crippen LogP) is 4.12. The average Bonchev–Trinajstić information content (AvgIpc) is 3.29. The lowest BCUT2D eigenvalue weighted by Crippen LogP contribution is -2.36. The SMILES string of the molecule is Cc1nc2ccc(-c3ccn4nc(N[C@H]5CC[C@@](C)(O)CC5)ncc34)nc2n1CC(F)(F)F. The zero-order chi connectivity index (χ0) is 23.4. The van der Waals surface area contributed by atoms with Crippen LogP contribution in [0.5, 0.6) is 0 Å². The van der Waals surface area contributed by atoms with E-state index in [1.165, 1.54) is 6.92 Å². The maximum atomic E-state index is 13.0. The molecule has 1 aliphatic carbocycles. The molecule has 1 saturated carbocycles. The van der Waals surface area contributed by atoms with Gasteiger partial charge in [-0.2, -0.15) is 13.2 Å². The monoisotopic (exact) mass is 459 g/mol. The molecule has 0 unspecified atom stereocenters. The smallest absolute Gasteiger partial charge is 0.390 e. The molecule has 0 radical (unpaired) electrons. The van der Waals surface area contributed by atoms with Gasteiger partial charge in [-0.05, 0) is 57.7 Å². The Hall–Kier alpha value is -3.21. The number of hydrogen-bond donors (Lipinski definition) is 2. The molecule has 174 valence electrons. The van der Waals surface area contributed by atoms with Gasteiger partial charge >= 0.3 is 6.18 Å². The van der Waals surface area contributed by atoms with E-state index in [0.717, 1.165) is 35.8 Å². The lowest BCUT2D eigenvalue weighted by molar-refractivity contribution is -0.140. The standard InChI is InChI=1S/C22H24F3N7O/c1-13-27-17-4-3-16(29-19(17)31(13)12-22(23,24)25)15-7-10-32-18(15)11-26-20(30-32)28-14-5-8-21(2,33)9-6-14/h3-4,7,10-11,14,33H,5-6,8-9,12H2,1-2H3,(H,28,30)/t14-,21+. The predicted molar refractivity (Wildman–Crippen MR) is 117 cm³/mol. The van der Waals surface area contributed by atoms with Crippen LogP contribution in [0.15, 0.2) is 30.6 Å². The van der Waals surface area contributed by atoms with E-state index in [1.54, 1.807) is 29.0 Å². The number of aryl methyl sites for hydroxylation is 1. The molecule has 0 saturated heterocycles. The van der Waals surface area contributed by atoms with Gasteiger partial charge in [0.05, 0.1) is 23.0 Å². The van der Waals surface area contributed by atoms with Crippen molar-refractivity contribution in [1.82, 2.24) is 29.1 Å². The summed E-state index contributed by atoms with van der Waals surface area (Å²) in [7, 11) is 0. The second kappa shape index (κ2) is 7.68. The van der Waals surface area contributed by atoms with Crippen molar-refractivity contribution in [3.8, 4) is 11.3 Å². The topological polar surface area (TPSA) is 93.2 Å². The highest BCUT2D eigenvalue weighted by Gasteiger charge is 2.30. The number of aliphatic hydroxyl groups is 1. The number of nitrogens with one attached hydrogen (secondary N) is 1. The van der Waals surface area contributed by atoms with E-state index in [1.807, 2.05) is 13.0 Å². The van der Waals surface area contributed by atoms with Crippen molar-refractivity contribution in [2.75, 3.05) is 5.32 Å². The summed E-state index contributed by atoms with van der Waals surface area (Å²) < 4.78 is 41.9. The average molecular weight is 459 g/mol. The number of nitrogens with zero attached hydrogens (tertiary/aromatic N) is 6.